The molecule has 1 N–H and O–H groups in total. The third kappa shape index (κ3) is 3.39. The summed E-state index contributed by atoms with van der Waals surface area (Å²) in [5.41, 5.74) is 0.791. The van der Waals surface area contributed by atoms with E-state index in [0.717, 1.165) is 12.1 Å². The van der Waals surface area contributed by atoms with E-state index in [2.05, 4.69) is 16.2 Å². The van der Waals surface area contributed by atoms with Gasteiger partial charge in [-0.3, -0.25) is 4.98 Å². The number of terminal acetylenes is 1. The van der Waals surface area contributed by atoms with Gasteiger partial charge in [-0.25, -0.2) is 0 Å². The number of halogens is 2. The lowest BCUT2D eigenvalue weighted by atomic mass is 10.1. The Kier molecular flexibility index (Phi) is 4.90. The van der Waals surface area contributed by atoms with Crippen LogP contribution in [0.3, 0.4) is 0 Å². The Hall–Kier alpha value is -0.750. The van der Waals surface area contributed by atoms with Crippen LogP contribution < -0.4 is 5.32 Å². The summed E-state index contributed by atoms with van der Waals surface area (Å²) in [6, 6.07) is 1.76. The summed E-state index contributed by atoms with van der Waals surface area (Å²) in [7, 11) is 1.85. The monoisotopic (exact) mass is 242 g/mol. The zero-order valence-electron chi connectivity index (χ0n) is 8.43. The molecule has 0 aliphatic rings. The number of hydrogen-bond donors (Lipinski definition) is 1. The molecule has 0 spiro atoms. The van der Waals surface area contributed by atoms with Crippen LogP contribution in [-0.2, 0) is 0 Å². The molecule has 0 fully saturated rings. The molecule has 0 aliphatic carbocycles. The number of nitrogens with zero attached hydrogens (tertiary/aromatic N) is 1. The van der Waals surface area contributed by atoms with E-state index in [4.69, 9.17) is 29.6 Å². The van der Waals surface area contributed by atoms with Crippen molar-refractivity contribution in [3.63, 3.8) is 0 Å². The Morgan fingerprint density at radius 2 is 2.33 bits per heavy atom. The number of hydrogen-bond acceptors (Lipinski definition) is 2. The molecular weight excluding hydrogens is 231 g/mol. The molecule has 1 unspecified atom stereocenters. The number of nitrogens with one attached hydrogen (secondary N) is 1. The van der Waals surface area contributed by atoms with E-state index in [1.807, 2.05) is 7.05 Å². The molecule has 1 rings (SSSR count). The van der Waals surface area contributed by atoms with E-state index in [1.54, 1.807) is 12.3 Å². The molecule has 0 saturated carbocycles. The molecule has 0 amide bonds. The second-order valence-corrected chi connectivity index (χ2v) is 3.95. The highest BCUT2D eigenvalue weighted by atomic mass is 35.5. The molecule has 4 heteroatoms. The molecule has 1 atom stereocenters. The van der Waals surface area contributed by atoms with Gasteiger partial charge in [0.15, 0.2) is 0 Å². The summed E-state index contributed by atoms with van der Waals surface area (Å²) < 4.78 is 0. The second-order valence-electron chi connectivity index (χ2n) is 3.10. The Morgan fingerprint density at radius 3 is 2.87 bits per heavy atom. The minimum absolute atomic E-state index is 0.0748. The van der Waals surface area contributed by atoms with Crippen LogP contribution in [0.25, 0.3) is 0 Å². The molecule has 1 aromatic heterocycles. The minimum Gasteiger partial charge on any atom is -0.312 e. The van der Waals surface area contributed by atoms with E-state index in [1.165, 1.54) is 0 Å². The van der Waals surface area contributed by atoms with Gasteiger partial charge < -0.3 is 5.32 Å². The molecule has 0 aromatic carbocycles. The largest absolute Gasteiger partial charge is 0.312 e. The first-order valence-electron chi connectivity index (χ1n) is 4.60. The molecule has 1 heterocycles. The maximum absolute atomic E-state index is 6.04. The van der Waals surface area contributed by atoms with Crippen LogP contribution in [0.1, 0.15) is 24.6 Å². The summed E-state index contributed by atoms with van der Waals surface area (Å²) in [6.45, 7) is 0. The Morgan fingerprint density at radius 1 is 1.60 bits per heavy atom. The standard InChI is InChI=1S/C11H12Cl2N2/c1-3-4-5-10(14-2)11-9(13)6-8(12)7-15-11/h1,6-7,10,14H,4-5H2,2H3. The lowest BCUT2D eigenvalue weighted by molar-refractivity contribution is 0.544. The van der Waals surface area contributed by atoms with Gasteiger partial charge in [-0.15, -0.1) is 12.3 Å². The van der Waals surface area contributed by atoms with Crippen LogP contribution in [-0.4, -0.2) is 12.0 Å². The van der Waals surface area contributed by atoms with Crippen molar-refractivity contribution in [3.05, 3.63) is 28.0 Å². The molecule has 80 valence electrons. The fourth-order valence-corrected chi connectivity index (χ4v) is 1.84. The van der Waals surface area contributed by atoms with Gasteiger partial charge >= 0.3 is 0 Å². The zero-order valence-corrected chi connectivity index (χ0v) is 9.94. The van der Waals surface area contributed by atoms with Crippen LogP contribution in [0, 0.1) is 12.3 Å². The van der Waals surface area contributed by atoms with Gasteiger partial charge in [0.1, 0.15) is 0 Å². The average Bonchev–Trinajstić information content (AvgIpc) is 2.21. The molecule has 0 aliphatic heterocycles. The van der Waals surface area contributed by atoms with Gasteiger partial charge in [-0.05, 0) is 19.5 Å². The predicted octanol–water partition coefficient (Wildman–Crippen LogP) is 3.06. The SMILES string of the molecule is C#CCCC(NC)c1ncc(Cl)cc1Cl. The fourth-order valence-electron chi connectivity index (χ4n) is 1.33. The molecular formula is C11H12Cl2N2. The maximum Gasteiger partial charge on any atom is 0.0760 e. The van der Waals surface area contributed by atoms with E-state index >= 15 is 0 Å². The van der Waals surface area contributed by atoms with Crippen molar-refractivity contribution >= 4 is 23.2 Å². The van der Waals surface area contributed by atoms with E-state index in [9.17, 15) is 0 Å². The van der Waals surface area contributed by atoms with Crippen molar-refractivity contribution < 1.29 is 0 Å². The highest BCUT2D eigenvalue weighted by molar-refractivity contribution is 6.34. The topological polar surface area (TPSA) is 24.9 Å². The smallest absolute Gasteiger partial charge is 0.0760 e. The first-order chi connectivity index (χ1) is 7.19. The summed E-state index contributed by atoms with van der Waals surface area (Å²) in [6.07, 6.45) is 8.30. The van der Waals surface area contributed by atoms with Gasteiger partial charge in [0.05, 0.1) is 21.8 Å². The Labute approximate surface area is 100.0 Å². The lowest BCUT2D eigenvalue weighted by Crippen LogP contribution is -2.17. The molecule has 15 heavy (non-hydrogen) atoms. The maximum atomic E-state index is 6.04. The lowest BCUT2D eigenvalue weighted by Gasteiger charge is -2.15. The van der Waals surface area contributed by atoms with Crippen molar-refractivity contribution in [1.82, 2.24) is 10.3 Å². The quantitative estimate of drug-likeness (QED) is 0.822. The third-order valence-corrected chi connectivity index (χ3v) is 2.60. The van der Waals surface area contributed by atoms with E-state index in [0.29, 0.717) is 16.5 Å². The molecule has 0 bridgehead atoms. The Bertz CT molecular complexity index is 371. The number of aromatic nitrogens is 1. The van der Waals surface area contributed by atoms with Gasteiger partial charge in [0.25, 0.3) is 0 Å². The fraction of sp³-hybridized carbons (Fsp3) is 0.364. The van der Waals surface area contributed by atoms with Crippen LogP contribution >= 0.6 is 23.2 Å². The summed E-state index contributed by atoms with van der Waals surface area (Å²) in [5.74, 6) is 2.60. The summed E-state index contributed by atoms with van der Waals surface area (Å²) >= 11 is 11.8. The predicted molar refractivity (Wildman–Crippen MR) is 64.1 cm³/mol. The van der Waals surface area contributed by atoms with Gasteiger partial charge in [0, 0.05) is 12.6 Å². The van der Waals surface area contributed by atoms with E-state index < -0.39 is 0 Å². The van der Waals surface area contributed by atoms with Crippen LogP contribution in [0.4, 0.5) is 0 Å². The minimum atomic E-state index is 0.0748. The highest BCUT2D eigenvalue weighted by Gasteiger charge is 2.13. The summed E-state index contributed by atoms with van der Waals surface area (Å²) in [4.78, 5) is 4.21. The van der Waals surface area contributed by atoms with Crippen molar-refractivity contribution in [2.45, 2.75) is 18.9 Å². The molecule has 1 aromatic rings. The van der Waals surface area contributed by atoms with Crippen molar-refractivity contribution in [1.29, 1.82) is 0 Å². The van der Waals surface area contributed by atoms with Gasteiger partial charge in [-0.1, -0.05) is 23.2 Å². The van der Waals surface area contributed by atoms with Gasteiger partial charge in [-0.2, -0.15) is 0 Å². The van der Waals surface area contributed by atoms with Crippen molar-refractivity contribution in [3.8, 4) is 12.3 Å². The van der Waals surface area contributed by atoms with E-state index in [-0.39, 0.29) is 6.04 Å². The summed E-state index contributed by atoms with van der Waals surface area (Å²) in [5, 5.41) is 4.23. The first kappa shape index (κ1) is 12.3. The van der Waals surface area contributed by atoms with Gasteiger partial charge in [0.2, 0.25) is 0 Å². The normalized spacial score (nSPS) is 12.1. The number of pyridine rings is 1. The van der Waals surface area contributed by atoms with Crippen molar-refractivity contribution in [2.75, 3.05) is 7.05 Å². The molecule has 2 nitrogen and oxygen atoms in total. The Balaban J connectivity index is 2.87. The zero-order chi connectivity index (χ0) is 11.3. The van der Waals surface area contributed by atoms with Crippen molar-refractivity contribution in [2.24, 2.45) is 0 Å². The van der Waals surface area contributed by atoms with Crippen LogP contribution in [0.2, 0.25) is 10.0 Å². The first-order valence-corrected chi connectivity index (χ1v) is 5.36. The molecule has 0 radical (unpaired) electrons. The number of rotatable bonds is 4. The average molecular weight is 243 g/mol. The highest BCUT2D eigenvalue weighted by Crippen LogP contribution is 2.25. The second kappa shape index (κ2) is 5.97. The van der Waals surface area contributed by atoms with Crippen LogP contribution in [0.15, 0.2) is 12.3 Å². The third-order valence-electron chi connectivity index (χ3n) is 2.09. The molecule has 0 saturated heterocycles. The van der Waals surface area contributed by atoms with Crippen LogP contribution in [0.5, 0.6) is 0 Å².